The lowest BCUT2D eigenvalue weighted by Gasteiger charge is -2.39. The first-order valence-corrected chi connectivity index (χ1v) is 10.8. The molecule has 0 bridgehead atoms. The van der Waals surface area contributed by atoms with Crippen molar-refractivity contribution in [2.24, 2.45) is 5.41 Å². The first kappa shape index (κ1) is 23.4. The van der Waals surface area contributed by atoms with E-state index in [9.17, 15) is 9.59 Å². The number of benzene rings is 2. The smallest absolute Gasteiger partial charge is 0.227 e. The van der Waals surface area contributed by atoms with Gasteiger partial charge in [-0.2, -0.15) is 0 Å². The molecule has 2 aromatic carbocycles. The van der Waals surface area contributed by atoms with Crippen LogP contribution in [0.1, 0.15) is 30.9 Å². The van der Waals surface area contributed by atoms with E-state index in [4.69, 9.17) is 14.2 Å². The molecule has 1 aliphatic heterocycles. The highest BCUT2D eigenvalue weighted by Crippen LogP contribution is 2.31. The van der Waals surface area contributed by atoms with Gasteiger partial charge in [0, 0.05) is 19.6 Å². The number of rotatable bonds is 8. The summed E-state index contributed by atoms with van der Waals surface area (Å²) < 4.78 is 15.8. The van der Waals surface area contributed by atoms with Crippen LogP contribution in [0, 0.1) is 5.41 Å². The fourth-order valence-corrected chi connectivity index (χ4v) is 4.05. The van der Waals surface area contributed by atoms with Crippen LogP contribution in [0.25, 0.3) is 0 Å². The Bertz CT molecular complexity index is 944. The van der Waals surface area contributed by atoms with E-state index in [2.05, 4.69) is 5.32 Å². The predicted molar refractivity (Wildman–Crippen MR) is 122 cm³/mol. The number of amides is 2. The molecule has 1 fully saturated rings. The van der Waals surface area contributed by atoms with Crippen molar-refractivity contribution >= 4 is 11.8 Å². The third kappa shape index (κ3) is 5.52. The number of hydrogen-bond donors (Lipinski definition) is 1. The molecule has 1 heterocycles. The molecule has 1 saturated heterocycles. The fourth-order valence-electron chi connectivity index (χ4n) is 4.05. The number of carbonyl (C=O) groups is 2. The maximum Gasteiger partial charge on any atom is 0.227 e. The number of piperidine rings is 1. The van der Waals surface area contributed by atoms with E-state index in [1.54, 1.807) is 32.3 Å². The van der Waals surface area contributed by atoms with E-state index < -0.39 is 5.41 Å². The van der Waals surface area contributed by atoms with Gasteiger partial charge in [-0.1, -0.05) is 18.2 Å². The van der Waals surface area contributed by atoms with Crippen LogP contribution in [0.5, 0.6) is 17.2 Å². The molecule has 2 aromatic rings. The van der Waals surface area contributed by atoms with E-state index in [-0.39, 0.29) is 18.2 Å². The second-order valence-corrected chi connectivity index (χ2v) is 8.38. The van der Waals surface area contributed by atoms with Crippen molar-refractivity contribution in [1.29, 1.82) is 0 Å². The molecule has 32 heavy (non-hydrogen) atoms. The molecule has 0 aliphatic carbocycles. The Labute approximate surface area is 189 Å². The summed E-state index contributed by atoms with van der Waals surface area (Å²) >= 11 is 0. The van der Waals surface area contributed by atoms with Gasteiger partial charge in [0.25, 0.3) is 0 Å². The zero-order valence-corrected chi connectivity index (χ0v) is 19.3. The normalized spacial score (nSPS) is 18.1. The Morgan fingerprint density at radius 1 is 0.969 bits per heavy atom. The molecule has 7 heteroatoms. The molecule has 1 N–H and O–H groups in total. The zero-order valence-electron chi connectivity index (χ0n) is 19.3. The van der Waals surface area contributed by atoms with Crippen molar-refractivity contribution < 1.29 is 23.8 Å². The second-order valence-electron chi connectivity index (χ2n) is 8.38. The Morgan fingerprint density at radius 2 is 1.66 bits per heavy atom. The summed E-state index contributed by atoms with van der Waals surface area (Å²) in [5.41, 5.74) is 1.24. The van der Waals surface area contributed by atoms with Crippen molar-refractivity contribution in [3.05, 3.63) is 53.6 Å². The Morgan fingerprint density at radius 3 is 2.31 bits per heavy atom. The van der Waals surface area contributed by atoms with Gasteiger partial charge in [-0.25, -0.2) is 0 Å². The van der Waals surface area contributed by atoms with Crippen LogP contribution < -0.4 is 19.5 Å². The molecule has 0 unspecified atom stereocenters. The van der Waals surface area contributed by atoms with E-state index >= 15 is 0 Å². The van der Waals surface area contributed by atoms with Crippen LogP contribution in [0.3, 0.4) is 0 Å². The molecule has 1 aliphatic rings. The third-order valence-corrected chi connectivity index (χ3v) is 6.01. The van der Waals surface area contributed by atoms with Crippen molar-refractivity contribution in [3.63, 3.8) is 0 Å². The van der Waals surface area contributed by atoms with Gasteiger partial charge < -0.3 is 24.4 Å². The van der Waals surface area contributed by atoms with Crippen LogP contribution in [0.2, 0.25) is 0 Å². The summed E-state index contributed by atoms with van der Waals surface area (Å²) in [6.07, 6.45) is 1.80. The maximum absolute atomic E-state index is 13.0. The van der Waals surface area contributed by atoms with Crippen molar-refractivity contribution in [1.82, 2.24) is 10.2 Å². The number of methoxy groups -OCH3 is 3. The van der Waals surface area contributed by atoms with Gasteiger partial charge in [-0.15, -0.1) is 0 Å². The predicted octanol–water partition coefficient (Wildman–Crippen LogP) is 3.20. The lowest BCUT2D eigenvalue weighted by molar-refractivity contribution is -0.140. The number of likely N-dealkylation sites (tertiary alicyclic amines) is 1. The van der Waals surface area contributed by atoms with Crippen molar-refractivity contribution in [2.45, 2.75) is 32.7 Å². The lowest BCUT2D eigenvalue weighted by Crippen LogP contribution is -2.52. The molecule has 7 nitrogen and oxygen atoms in total. The Hall–Kier alpha value is -3.22. The molecule has 0 saturated carbocycles. The number of ether oxygens (including phenoxy) is 3. The van der Waals surface area contributed by atoms with Gasteiger partial charge in [0.05, 0.1) is 33.2 Å². The summed E-state index contributed by atoms with van der Waals surface area (Å²) in [6.45, 7) is 3.45. The highest BCUT2D eigenvalue weighted by atomic mass is 16.5. The Balaban J connectivity index is 1.60. The fraction of sp³-hybridized carbons (Fsp3) is 0.440. The van der Waals surface area contributed by atoms with Gasteiger partial charge in [0.1, 0.15) is 5.75 Å². The topological polar surface area (TPSA) is 77.1 Å². The quantitative estimate of drug-likeness (QED) is 0.682. The number of nitrogens with one attached hydrogen (secondary N) is 1. The first-order chi connectivity index (χ1) is 15.4. The van der Waals surface area contributed by atoms with Gasteiger partial charge in [-0.05, 0) is 55.2 Å². The number of nitrogens with zero attached hydrogens (tertiary/aromatic N) is 1. The SMILES string of the molecule is COc1ccc(CNC(=O)[C@]2(C)CCCN(C(=O)Cc3ccc(OC)c(OC)c3)C2)cc1. The standard InChI is InChI=1S/C25H32N2O5/c1-25(24(29)26-16-18-6-9-20(30-2)10-7-18)12-5-13-27(17-25)23(28)15-19-8-11-21(31-3)22(14-19)32-4/h6-11,14H,5,12-13,15-17H2,1-4H3,(H,26,29)/t25-/m1/s1. The average molecular weight is 441 g/mol. The average Bonchev–Trinajstić information content (AvgIpc) is 2.82. The molecule has 172 valence electrons. The minimum Gasteiger partial charge on any atom is -0.497 e. The zero-order chi connectivity index (χ0) is 23.1. The lowest BCUT2D eigenvalue weighted by atomic mass is 9.80. The van der Waals surface area contributed by atoms with Crippen LogP contribution in [0.15, 0.2) is 42.5 Å². The Kier molecular flexibility index (Phi) is 7.62. The highest BCUT2D eigenvalue weighted by molar-refractivity contribution is 5.85. The largest absolute Gasteiger partial charge is 0.497 e. The molecule has 2 amide bonds. The summed E-state index contributed by atoms with van der Waals surface area (Å²) in [5.74, 6) is 1.98. The van der Waals surface area contributed by atoms with Crippen LogP contribution in [-0.2, 0) is 22.6 Å². The minimum absolute atomic E-state index is 0.00565. The number of hydrogen-bond acceptors (Lipinski definition) is 5. The molecule has 3 rings (SSSR count). The van der Waals surface area contributed by atoms with E-state index in [0.29, 0.717) is 31.1 Å². The van der Waals surface area contributed by atoms with Gasteiger partial charge in [-0.3, -0.25) is 9.59 Å². The maximum atomic E-state index is 13.0. The van der Waals surface area contributed by atoms with E-state index in [1.165, 1.54) is 0 Å². The summed E-state index contributed by atoms with van der Waals surface area (Å²) in [7, 11) is 4.78. The van der Waals surface area contributed by atoms with E-state index in [0.717, 1.165) is 29.7 Å². The van der Waals surface area contributed by atoms with Crippen molar-refractivity contribution in [2.75, 3.05) is 34.4 Å². The van der Waals surface area contributed by atoms with Crippen LogP contribution in [-0.4, -0.2) is 51.1 Å². The second kappa shape index (κ2) is 10.4. The van der Waals surface area contributed by atoms with E-state index in [1.807, 2.05) is 43.3 Å². The van der Waals surface area contributed by atoms with Gasteiger partial charge in [0.15, 0.2) is 11.5 Å². The molecule has 0 aromatic heterocycles. The first-order valence-electron chi connectivity index (χ1n) is 10.8. The monoisotopic (exact) mass is 440 g/mol. The van der Waals surface area contributed by atoms with Gasteiger partial charge >= 0.3 is 0 Å². The van der Waals surface area contributed by atoms with Crippen LogP contribution in [0.4, 0.5) is 0 Å². The highest BCUT2D eigenvalue weighted by Gasteiger charge is 2.39. The van der Waals surface area contributed by atoms with Gasteiger partial charge in [0.2, 0.25) is 11.8 Å². The summed E-state index contributed by atoms with van der Waals surface area (Å²) in [5, 5.41) is 3.04. The summed E-state index contributed by atoms with van der Waals surface area (Å²) in [4.78, 5) is 27.8. The third-order valence-electron chi connectivity index (χ3n) is 6.01. The summed E-state index contributed by atoms with van der Waals surface area (Å²) in [6, 6.07) is 13.1. The molecule has 0 spiro atoms. The van der Waals surface area contributed by atoms with Crippen LogP contribution >= 0.6 is 0 Å². The molecule has 0 radical (unpaired) electrons. The molecule has 1 atom stereocenters. The minimum atomic E-state index is -0.613. The van der Waals surface area contributed by atoms with Crippen molar-refractivity contribution in [3.8, 4) is 17.2 Å². The molecular formula is C25H32N2O5. The number of carbonyl (C=O) groups excluding carboxylic acids is 2. The molecular weight excluding hydrogens is 408 g/mol.